The zero-order valence-electron chi connectivity index (χ0n) is 10.3. The average Bonchev–Trinajstić information content (AvgIpc) is 2.29. The van der Waals surface area contributed by atoms with Crippen molar-refractivity contribution in [2.75, 3.05) is 18.6 Å². The van der Waals surface area contributed by atoms with Crippen LogP contribution in [0.5, 0.6) is 0 Å². The maximum absolute atomic E-state index is 12.1. The summed E-state index contributed by atoms with van der Waals surface area (Å²) in [6.07, 6.45) is 0.696. The zero-order valence-corrected chi connectivity index (χ0v) is 11.9. The highest BCUT2D eigenvalue weighted by atomic mass is 35.5. The first-order valence-corrected chi connectivity index (χ1v) is 7.04. The third-order valence-electron chi connectivity index (χ3n) is 2.66. The van der Waals surface area contributed by atoms with Crippen LogP contribution in [-0.4, -0.2) is 22.7 Å². The third kappa shape index (κ3) is 4.30. The molecule has 0 aromatic heterocycles. The molecule has 5 heteroatoms. The minimum absolute atomic E-state index is 0.275. The summed E-state index contributed by atoms with van der Waals surface area (Å²) in [6.45, 7) is 3.93. The zero-order chi connectivity index (χ0) is 13.1. The fraction of sp³-hybridized carbons (Fsp3) is 0.500. The monoisotopic (exact) mass is 275 g/mol. The molecule has 1 atom stereocenters. The van der Waals surface area contributed by atoms with Crippen molar-refractivity contribution < 1.29 is 8.95 Å². The first-order chi connectivity index (χ1) is 7.85. The molecule has 3 nitrogen and oxygen atoms in total. The number of ether oxygens (including phenoxy) is 1. The van der Waals surface area contributed by atoms with Gasteiger partial charge in [0.15, 0.2) is 0 Å². The molecule has 1 unspecified atom stereocenters. The van der Waals surface area contributed by atoms with E-state index in [1.807, 2.05) is 13.8 Å². The van der Waals surface area contributed by atoms with Crippen LogP contribution in [0.1, 0.15) is 20.3 Å². The normalized spacial score (nSPS) is 13.6. The Hall–Kier alpha value is -0.580. The number of rotatable bonds is 5. The second-order valence-electron chi connectivity index (χ2n) is 4.45. The van der Waals surface area contributed by atoms with E-state index >= 15 is 0 Å². The van der Waals surface area contributed by atoms with Gasteiger partial charge in [-0.3, -0.25) is 4.21 Å². The SMILES string of the molecule is COC(C)(C)CCS(=O)c1cc(Cl)ccc1N. The van der Waals surface area contributed by atoms with E-state index in [-0.39, 0.29) is 5.60 Å². The summed E-state index contributed by atoms with van der Waals surface area (Å²) in [5.74, 6) is 0.505. The lowest BCUT2D eigenvalue weighted by molar-refractivity contribution is 0.0205. The molecule has 96 valence electrons. The number of nitrogen functional groups attached to an aromatic ring is 1. The van der Waals surface area contributed by atoms with Gasteiger partial charge in [0.2, 0.25) is 0 Å². The van der Waals surface area contributed by atoms with Gasteiger partial charge >= 0.3 is 0 Å². The van der Waals surface area contributed by atoms with Crippen molar-refractivity contribution in [1.82, 2.24) is 0 Å². The van der Waals surface area contributed by atoms with Crippen molar-refractivity contribution in [2.24, 2.45) is 0 Å². The van der Waals surface area contributed by atoms with Crippen molar-refractivity contribution >= 4 is 28.1 Å². The van der Waals surface area contributed by atoms with E-state index in [0.717, 1.165) is 0 Å². The van der Waals surface area contributed by atoms with Gasteiger partial charge in [-0.15, -0.1) is 0 Å². The van der Waals surface area contributed by atoms with E-state index in [1.165, 1.54) is 0 Å². The summed E-state index contributed by atoms with van der Waals surface area (Å²) in [5, 5.41) is 0.550. The number of nitrogens with two attached hydrogens (primary N) is 1. The summed E-state index contributed by atoms with van der Waals surface area (Å²) in [5.41, 5.74) is 6.02. The molecule has 2 N–H and O–H groups in total. The first-order valence-electron chi connectivity index (χ1n) is 5.34. The Balaban J connectivity index is 2.74. The smallest absolute Gasteiger partial charge is 0.0632 e. The highest BCUT2D eigenvalue weighted by molar-refractivity contribution is 7.85. The van der Waals surface area contributed by atoms with E-state index in [1.54, 1.807) is 25.3 Å². The van der Waals surface area contributed by atoms with Crippen LogP contribution in [0.25, 0.3) is 0 Å². The van der Waals surface area contributed by atoms with Crippen LogP contribution >= 0.6 is 11.6 Å². The maximum Gasteiger partial charge on any atom is 0.0632 e. The molecule has 0 spiro atoms. The number of hydrogen-bond donors (Lipinski definition) is 1. The molecule has 0 heterocycles. The second kappa shape index (κ2) is 5.85. The minimum atomic E-state index is -1.14. The van der Waals surface area contributed by atoms with Crippen molar-refractivity contribution in [3.8, 4) is 0 Å². The maximum atomic E-state index is 12.1. The van der Waals surface area contributed by atoms with Crippen LogP contribution < -0.4 is 5.73 Å². The van der Waals surface area contributed by atoms with Gasteiger partial charge in [0.1, 0.15) is 0 Å². The second-order valence-corrected chi connectivity index (χ2v) is 6.42. The van der Waals surface area contributed by atoms with Gasteiger partial charge in [0.25, 0.3) is 0 Å². The van der Waals surface area contributed by atoms with E-state index in [9.17, 15) is 4.21 Å². The first kappa shape index (κ1) is 14.5. The standard InChI is InChI=1S/C12H18ClNO2S/c1-12(2,16-3)6-7-17(15)11-8-9(13)4-5-10(11)14/h4-5,8H,6-7,14H2,1-3H3. The number of hydrogen-bond acceptors (Lipinski definition) is 3. The minimum Gasteiger partial charge on any atom is -0.398 e. The van der Waals surface area contributed by atoms with Crippen molar-refractivity contribution in [3.05, 3.63) is 23.2 Å². The van der Waals surface area contributed by atoms with Crippen molar-refractivity contribution in [1.29, 1.82) is 0 Å². The largest absolute Gasteiger partial charge is 0.398 e. The van der Waals surface area contributed by atoms with E-state index in [0.29, 0.717) is 27.8 Å². The average molecular weight is 276 g/mol. The summed E-state index contributed by atoms with van der Waals surface area (Å²) >= 11 is 5.86. The predicted octanol–water partition coefficient (Wildman–Crippen LogP) is 2.84. The van der Waals surface area contributed by atoms with Gasteiger partial charge in [0.05, 0.1) is 21.3 Å². The molecular formula is C12H18ClNO2S. The molecule has 0 saturated carbocycles. The summed E-state index contributed by atoms with van der Waals surface area (Å²) in [6, 6.07) is 5.03. The lowest BCUT2D eigenvalue weighted by Crippen LogP contribution is -2.25. The number of methoxy groups -OCH3 is 1. The Morgan fingerprint density at radius 2 is 2.12 bits per heavy atom. The fourth-order valence-electron chi connectivity index (χ4n) is 1.26. The molecule has 0 fully saturated rings. The summed E-state index contributed by atoms with van der Waals surface area (Å²) in [7, 11) is 0.507. The van der Waals surface area contributed by atoms with Crippen LogP contribution in [0.3, 0.4) is 0 Å². The molecule has 0 bridgehead atoms. The Morgan fingerprint density at radius 3 is 2.71 bits per heavy atom. The molecule has 1 aromatic rings. The van der Waals surface area contributed by atoms with Crippen molar-refractivity contribution in [3.63, 3.8) is 0 Å². The molecule has 0 radical (unpaired) electrons. The molecule has 0 amide bonds. The van der Waals surface area contributed by atoms with Gasteiger partial charge in [0, 0.05) is 23.6 Å². The van der Waals surface area contributed by atoms with Crippen molar-refractivity contribution in [2.45, 2.75) is 30.8 Å². The highest BCUT2D eigenvalue weighted by Crippen LogP contribution is 2.23. The van der Waals surface area contributed by atoms with Crippen LogP contribution in [0.2, 0.25) is 5.02 Å². The Bertz CT molecular complexity index is 421. The molecule has 0 aliphatic rings. The number of benzene rings is 1. The molecule has 0 saturated heterocycles. The fourth-order valence-corrected chi connectivity index (χ4v) is 2.98. The molecule has 0 aliphatic heterocycles. The number of halogens is 1. The van der Waals surface area contributed by atoms with Crippen LogP contribution in [-0.2, 0) is 15.5 Å². The van der Waals surface area contributed by atoms with Gasteiger partial charge in [-0.2, -0.15) is 0 Å². The predicted molar refractivity (Wildman–Crippen MR) is 72.8 cm³/mol. The van der Waals surface area contributed by atoms with E-state index < -0.39 is 10.8 Å². The molecule has 0 aliphatic carbocycles. The molecule has 1 rings (SSSR count). The van der Waals surface area contributed by atoms with E-state index in [4.69, 9.17) is 22.1 Å². The molecular weight excluding hydrogens is 258 g/mol. The van der Waals surface area contributed by atoms with Crippen LogP contribution in [0.15, 0.2) is 23.1 Å². The third-order valence-corrected chi connectivity index (χ3v) is 4.32. The quantitative estimate of drug-likeness (QED) is 0.841. The summed E-state index contributed by atoms with van der Waals surface area (Å²) in [4.78, 5) is 0.601. The Labute approximate surface area is 110 Å². The van der Waals surface area contributed by atoms with Gasteiger partial charge in [-0.05, 0) is 38.5 Å². The van der Waals surface area contributed by atoms with Gasteiger partial charge in [-0.25, -0.2) is 0 Å². The molecule has 1 aromatic carbocycles. The number of anilines is 1. The Kier molecular flexibility index (Phi) is 4.98. The lowest BCUT2D eigenvalue weighted by atomic mass is 10.1. The Morgan fingerprint density at radius 1 is 1.47 bits per heavy atom. The highest BCUT2D eigenvalue weighted by Gasteiger charge is 2.19. The topological polar surface area (TPSA) is 52.3 Å². The van der Waals surface area contributed by atoms with E-state index in [2.05, 4.69) is 0 Å². The lowest BCUT2D eigenvalue weighted by Gasteiger charge is -2.22. The van der Waals surface area contributed by atoms with Gasteiger partial charge < -0.3 is 10.5 Å². The van der Waals surface area contributed by atoms with Gasteiger partial charge in [-0.1, -0.05) is 11.6 Å². The van der Waals surface area contributed by atoms with Crippen LogP contribution in [0.4, 0.5) is 5.69 Å². The van der Waals surface area contributed by atoms with Crippen LogP contribution in [0, 0.1) is 0 Å². The molecule has 17 heavy (non-hydrogen) atoms. The summed E-state index contributed by atoms with van der Waals surface area (Å²) < 4.78 is 17.4.